The highest BCUT2D eigenvalue weighted by atomic mass is 16.5. The van der Waals surface area contributed by atoms with E-state index in [2.05, 4.69) is 35.3 Å². The summed E-state index contributed by atoms with van der Waals surface area (Å²) in [7, 11) is 1.62. The quantitative estimate of drug-likeness (QED) is 0.661. The number of nitriles is 1. The lowest BCUT2D eigenvalue weighted by Crippen LogP contribution is -2.17. The van der Waals surface area contributed by atoms with E-state index in [1.54, 1.807) is 7.11 Å². The van der Waals surface area contributed by atoms with E-state index in [1.807, 2.05) is 31.2 Å². The number of nitrogens with zero attached hydrogens (tertiary/aromatic N) is 2. The molecule has 1 aliphatic carbocycles. The molecule has 30 heavy (non-hydrogen) atoms. The average molecular weight is 399 g/mol. The minimum absolute atomic E-state index is 0.289. The first kappa shape index (κ1) is 19.8. The topological polar surface area (TPSA) is 81.2 Å². The van der Waals surface area contributed by atoms with Gasteiger partial charge in [-0.2, -0.15) is 5.26 Å². The molecule has 1 aliphatic rings. The third kappa shape index (κ3) is 3.57. The van der Waals surface area contributed by atoms with E-state index in [0.29, 0.717) is 29.6 Å². The number of ether oxygens (including phenoxy) is 2. The molecule has 0 spiro atoms. The van der Waals surface area contributed by atoms with Gasteiger partial charge in [0.1, 0.15) is 17.5 Å². The van der Waals surface area contributed by atoms with E-state index < -0.39 is 0 Å². The average Bonchev–Trinajstić information content (AvgIpc) is 2.79. The largest absolute Gasteiger partial charge is 0.493 e. The predicted molar refractivity (Wildman–Crippen MR) is 118 cm³/mol. The number of anilines is 1. The third-order valence-electron chi connectivity index (χ3n) is 5.73. The summed E-state index contributed by atoms with van der Waals surface area (Å²) in [4.78, 5) is 4.59. The molecular weight excluding hydrogens is 374 g/mol. The van der Waals surface area contributed by atoms with Gasteiger partial charge in [-0.1, -0.05) is 36.4 Å². The molecule has 1 unspecified atom stereocenters. The number of aromatic nitrogens is 1. The highest BCUT2D eigenvalue weighted by Crippen LogP contribution is 2.42. The van der Waals surface area contributed by atoms with Gasteiger partial charge in [-0.25, -0.2) is 4.98 Å². The first-order chi connectivity index (χ1) is 14.7. The number of nitrogens with two attached hydrogens (primary N) is 1. The molecule has 3 aromatic rings. The van der Waals surface area contributed by atoms with Crippen LogP contribution in [0.15, 0.2) is 48.5 Å². The molecule has 0 fully saturated rings. The molecule has 0 saturated heterocycles. The Morgan fingerprint density at radius 3 is 2.67 bits per heavy atom. The summed E-state index contributed by atoms with van der Waals surface area (Å²) < 4.78 is 11.2. The normalized spacial score (nSPS) is 15.2. The number of rotatable bonds is 5. The fraction of sp³-hybridized carbons (Fsp3) is 0.280. The van der Waals surface area contributed by atoms with Crippen molar-refractivity contribution in [2.45, 2.75) is 32.1 Å². The van der Waals surface area contributed by atoms with Gasteiger partial charge >= 0.3 is 0 Å². The number of nitrogen functional groups attached to an aromatic ring is 1. The maximum Gasteiger partial charge on any atom is 0.161 e. The van der Waals surface area contributed by atoms with E-state index in [-0.39, 0.29) is 5.82 Å². The minimum atomic E-state index is 0.289. The molecule has 0 aliphatic heterocycles. The van der Waals surface area contributed by atoms with Crippen LogP contribution in [0.2, 0.25) is 0 Å². The lowest BCUT2D eigenvalue weighted by Gasteiger charge is -2.27. The molecular formula is C25H25N3O2. The molecule has 1 heterocycles. The molecule has 0 bridgehead atoms. The Morgan fingerprint density at radius 2 is 1.97 bits per heavy atom. The number of aryl methyl sites for hydroxylation is 1. The van der Waals surface area contributed by atoms with Crippen molar-refractivity contribution in [3.63, 3.8) is 0 Å². The van der Waals surface area contributed by atoms with Crippen molar-refractivity contribution in [2.75, 3.05) is 19.5 Å². The molecule has 5 nitrogen and oxygen atoms in total. The van der Waals surface area contributed by atoms with Crippen molar-refractivity contribution in [1.82, 2.24) is 4.98 Å². The van der Waals surface area contributed by atoms with Crippen molar-refractivity contribution in [1.29, 1.82) is 5.26 Å². The molecule has 2 aromatic carbocycles. The number of hydrogen-bond acceptors (Lipinski definition) is 5. The van der Waals surface area contributed by atoms with Crippen LogP contribution in [0.25, 0.3) is 11.1 Å². The van der Waals surface area contributed by atoms with Crippen LogP contribution in [0.1, 0.15) is 41.6 Å². The predicted octanol–water partition coefficient (Wildman–Crippen LogP) is 4.88. The first-order valence-electron chi connectivity index (χ1n) is 10.2. The molecule has 1 atom stereocenters. The summed E-state index contributed by atoms with van der Waals surface area (Å²) in [5.41, 5.74) is 11.8. The smallest absolute Gasteiger partial charge is 0.161 e. The maximum atomic E-state index is 9.88. The number of hydrogen-bond donors (Lipinski definition) is 1. The van der Waals surface area contributed by atoms with Crippen LogP contribution < -0.4 is 15.2 Å². The summed E-state index contributed by atoms with van der Waals surface area (Å²) in [6.07, 6.45) is 2.68. The van der Waals surface area contributed by atoms with Crippen molar-refractivity contribution < 1.29 is 9.47 Å². The Hall–Kier alpha value is -3.52. The Kier molecular flexibility index (Phi) is 5.58. The molecule has 152 valence electrons. The van der Waals surface area contributed by atoms with Crippen LogP contribution >= 0.6 is 0 Å². The van der Waals surface area contributed by atoms with Gasteiger partial charge in [-0.05, 0) is 60.9 Å². The zero-order chi connectivity index (χ0) is 21.1. The number of fused-ring (bicyclic) bond motifs is 1. The van der Waals surface area contributed by atoms with Crippen molar-refractivity contribution in [3.8, 4) is 28.7 Å². The third-order valence-corrected chi connectivity index (χ3v) is 5.73. The van der Waals surface area contributed by atoms with Gasteiger partial charge in [-0.15, -0.1) is 0 Å². The monoisotopic (exact) mass is 399 g/mol. The van der Waals surface area contributed by atoms with Gasteiger partial charge in [0.05, 0.1) is 13.7 Å². The molecule has 2 N–H and O–H groups in total. The van der Waals surface area contributed by atoms with Gasteiger partial charge in [-0.3, -0.25) is 0 Å². The Balaban J connectivity index is 1.86. The maximum absolute atomic E-state index is 9.88. The first-order valence-corrected chi connectivity index (χ1v) is 10.2. The van der Waals surface area contributed by atoms with E-state index in [9.17, 15) is 5.26 Å². The van der Waals surface area contributed by atoms with Crippen LogP contribution in [-0.4, -0.2) is 18.7 Å². The summed E-state index contributed by atoms with van der Waals surface area (Å²) >= 11 is 0. The van der Waals surface area contributed by atoms with Crippen LogP contribution in [0.3, 0.4) is 0 Å². The summed E-state index contributed by atoms with van der Waals surface area (Å²) in [5, 5.41) is 9.88. The zero-order valence-electron chi connectivity index (χ0n) is 17.3. The zero-order valence-corrected chi connectivity index (χ0v) is 17.3. The van der Waals surface area contributed by atoms with Gasteiger partial charge in [0.15, 0.2) is 11.5 Å². The highest BCUT2D eigenvalue weighted by Gasteiger charge is 2.27. The Bertz CT molecular complexity index is 1100. The van der Waals surface area contributed by atoms with Crippen LogP contribution in [0.4, 0.5) is 5.82 Å². The number of methoxy groups -OCH3 is 1. The van der Waals surface area contributed by atoms with Gasteiger partial charge in [0.2, 0.25) is 0 Å². The Labute approximate surface area is 177 Å². The second kappa shape index (κ2) is 8.46. The van der Waals surface area contributed by atoms with Crippen LogP contribution in [0, 0.1) is 11.3 Å². The van der Waals surface area contributed by atoms with Crippen LogP contribution in [-0.2, 0) is 12.8 Å². The molecule has 5 heteroatoms. The SMILES string of the molecule is CCOc1ccc(-c2c(C#N)c(N)nc3c2CC(c2ccccc2)CC3)cc1OC. The number of pyridine rings is 1. The molecule has 1 aromatic heterocycles. The lowest BCUT2D eigenvalue weighted by molar-refractivity contribution is 0.311. The van der Waals surface area contributed by atoms with Crippen molar-refractivity contribution in [3.05, 3.63) is 70.9 Å². The molecule has 0 saturated carbocycles. The van der Waals surface area contributed by atoms with Gasteiger partial charge in [0.25, 0.3) is 0 Å². The molecule has 0 amide bonds. The van der Waals surface area contributed by atoms with E-state index in [1.165, 1.54) is 5.56 Å². The van der Waals surface area contributed by atoms with Gasteiger partial charge in [0, 0.05) is 11.3 Å². The Morgan fingerprint density at radius 1 is 1.17 bits per heavy atom. The molecule has 4 rings (SSSR count). The van der Waals surface area contributed by atoms with E-state index in [0.717, 1.165) is 41.6 Å². The van der Waals surface area contributed by atoms with Crippen molar-refractivity contribution in [2.24, 2.45) is 0 Å². The molecule has 0 radical (unpaired) electrons. The standard InChI is InChI=1S/C25H25N3O2/c1-3-30-22-12-10-18(14-23(22)29-2)24-19-13-17(16-7-5-4-6-8-16)9-11-21(19)28-25(27)20(24)15-26/h4-8,10,12,14,17H,3,9,11,13H2,1-2H3,(H2,27,28). The van der Waals surface area contributed by atoms with Crippen LogP contribution in [0.5, 0.6) is 11.5 Å². The minimum Gasteiger partial charge on any atom is -0.493 e. The van der Waals surface area contributed by atoms with Crippen molar-refractivity contribution >= 4 is 5.82 Å². The highest BCUT2D eigenvalue weighted by molar-refractivity contribution is 5.80. The second-order valence-corrected chi connectivity index (χ2v) is 7.43. The second-order valence-electron chi connectivity index (χ2n) is 7.43. The van der Waals surface area contributed by atoms with Gasteiger partial charge < -0.3 is 15.2 Å². The summed E-state index contributed by atoms with van der Waals surface area (Å²) in [5.74, 6) is 1.99. The summed E-state index contributed by atoms with van der Waals surface area (Å²) in [6.45, 7) is 2.49. The fourth-order valence-corrected chi connectivity index (χ4v) is 4.32. The summed E-state index contributed by atoms with van der Waals surface area (Å²) in [6, 6.07) is 18.6. The number of benzene rings is 2. The fourth-order valence-electron chi connectivity index (χ4n) is 4.32. The van der Waals surface area contributed by atoms with E-state index >= 15 is 0 Å². The lowest BCUT2D eigenvalue weighted by atomic mass is 9.78. The van der Waals surface area contributed by atoms with E-state index in [4.69, 9.17) is 15.2 Å².